The van der Waals surface area contributed by atoms with Crippen molar-refractivity contribution in [2.24, 2.45) is 11.7 Å². The first-order valence-electron chi connectivity index (χ1n) is 8.23. The van der Waals surface area contributed by atoms with Crippen LogP contribution in [0, 0.1) is 5.92 Å². The molecule has 1 aromatic rings. The van der Waals surface area contributed by atoms with Crippen molar-refractivity contribution in [3.05, 3.63) is 30.3 Å². The lowest BCUT2D eigenvalue weighted by Crippen LogP contribution is -2.49. The minimum atomic E-state index is -5.84. The molecule has 0 aromatic heterocycles. The lowest BCUT2D eigenvalue weighted by Gasteiger charge is -2.37. The highest BCUT2D eigenvalue weighted by molar-refractivity contribution is 7.86. The molecule has 0 saturated carbocycles. The van der Waals surface area contributed by atoms with Crippen molar-refractivity contribution in [1.29, 1.82) is 0 Å². The Morgan fingerprint density at radius 1 is 1.11 bits per heavy atom. The molecular formula is C17H26F3NO6S. The Bertz CT molecular complexity index is 718. The first-order valence-corrected chi connectivity index (χ1v) is 9.67. The molecule has 0 saturated heterocycles. The molecule has 7 nitrogen and oxygen atoms in total. The molecule has 162 valence electrons. The van der Waals surface area contributed by atoms with Crippen LogP contribution < -0.4 is 10.5 Å². The second-order valence-corrected chi connectivity index (χ2v) is 8.24. The number of hydrogen-bond acceptors (Lipinski definition) is 6. The number of carbonyl (C=O) groups excluding carboxylic acids is 1. The van der Waals surface area contributed by atoms with Gasteiger partial charge in [-0.15, -0.1) is 0 Å². The van der Waals surface area contributed by atoms with Crippen LogP contribution in [0.15, 0.2) is 30.3 Å². The molecule has 2 atom stereocenters. The van der Waals surface area contributed by atoms with Crippen molar-refractivity contribution in [2.45, 2.75) is 57.9 Å². The molecule has 28 heavy (non-hydrogen) atoms. The van der Waals surface area contributed by atoms with Gasteiger partial charge in [-0.25, -0.2) is 0 Å². The maximum Gasteiger partial charge on any atom is 0.522 e. The predicted octanol–water partition coefficient (Wildman–Crippen LogP) is 3.15. The highest BCUT2D eigenvalue weighted by atomic mass is 32.2. The third-order valence-corrected chi connectivity index (χ3v) is 3.91. The van der Waals surface area contributed by atoms with Gasteiger partial charge in [0.25, 0.3) is 0 Å². The quantitative estimate of drug-likeness (QED) is 0.405. The normalized spacial score (nSPS) is 14.5. The van der Waals surface area contributed by atoms with E-state index >= 15 is 0 Å². The Labute approximate surface area is 162 Å². The van der Waals surface area contributed by atoms with Crippen molar-refractivity contribution in [2.75, 3.05) is 0 Å². The zero-order valence-corrected chi connectivity index (χ0v) is 17.0. The summed E-state index contributed by atoms with van der Waals surface area (Å²) in [6, 6.07) is 8.89. The molecule has 1 unspecified atom stereocenters. The fraction of sp³-hybridized carbons (Fsp3) is 0.588. The van der Waals surface area contributed by atoms with E-state index in [-0.39, 0.29) is 12.0 Å². The highest BCUT2D eigenvalue weighted by Crippen LogP contribution is 2.27. The zero-order chi connectivity index (χ0) is 22.3. The van der Waals surface area contributed by atoms with Crippen LogP contribution in [-0.2, 0) is 19.6 Å². The summed E-state index contributed by atoms with van der Waals surface area (Å²) >= 11 is 0. The fourth-order valence-electron chi connectivity index (χ4n) is 2.14. The van der Waals surface area contributed by atoms with Crippen LogP contribution in [0.1, 0.15) is 34.6 Å². The molecule has 11 heteroatoms. The summed E-state index contributed by atoms with van der Waals surface area (Å²) < 4.78 is 69.1. The minimum absolute atomic E-state index is 0.186. The van der Waals surface area contributed by atoms with Gasteiger partial charge in [-0.1, -0.05) is 32.0 Å². The Morgan fingerprint density at radius 2 is 1.54 bits per heavy atom. The summed E-state index contributed by atoms with van der Waals surface area (Å²) in [5.74, 6) is 0.527. The number of nitrogens with two attached hydrogens (primary N) is 1. The number of alkyl halides is 3. The van der Waals surface area contributed by atoms with E-state index in [0.717, 1.165) is 5.75 Å². The van der Waals surface area contributed by atoms with Gasteiger partial charge in [0, 0.05) is 0 Å². The number of para-hydroxylation sites is 1. The van der Waals surface area contributed by atoms with Crippen LogP contribution in [0.25, 0.3) is 0 Å². The van der Waals surface area contributed by atoms with E-state index in [1.54, 1.807) is 6.92 Å². The number of esters is 1. The molecule has 1 rings (SSSR count). The Morgan fingerprint density at radius 3 is 1.86 bits per heavy atom. The highest BCUT2D eigenvalue weighted by Gasteiger charge is 2.44. The van der Waals surface area contributed by atoms with Gasteiger partial charge in [0.1, 0.15) is 23.5 Å². The Kier molecular flexibility index (Phi) is 9.41. The van der Waals surface area contributed by atoms with E-state index in [0.29, 0.717) is 0 Å². The summed E-state index contributed by atoms with van der Waals surface area (Å²) in [5.41, 5.74) is -0.733. The van der Waals surface area contributed by atoms with Gasteiger partial charge in [0.15, 0.2) is 0 Å². The predicted molar refractivity (Wildman–Crippen MR) is 97.1 cm³/mol. The summed E-state index contributed by atoms with van der Waals surface area (Å²) in [6.07, 6.45) is -0.257. The maximum absolute atomic E-state index is 11.7. The summed E-state index contributed by atoms with van der Waals surface area (Å²) in [6.45, 7) is 9.38. The molecule has 0 aliphatic rings. The molecule has 0 fully saturated rings. The van der Waals surface area contributed by atoms with Crippen molar-refractivity contribution in [1.82, 2.24) is 0 Å². The molecule has 0 bridgehead atoms. The molecule has 0 aliphatic heterocycles. The molecule has 1 aromatic carbocycles. The van der Waals surface area contributed by atoms with E-state index in [1.165, 1.54) is 0 Å². The third-order valence-electron chi connectivity index (χ3n) is 3.32. The summed E-state index contributed by atoms with van der Waals surface area (Å²) in [7, 11) is -5.84. The van der Waals surface area contributed by atoms with Crippen molar-refractivity contribution < 1.29 is 40.4 Å². The number of halogens is 3. The van der Waals surface area contributed by atoms with Gasteiger partial charge in [-0.2, -0.15) is 21.6 Å². The largest absolute Gasteiger partial charge is 0.522 e. The monoisotopic (exact) mass is 429 g/mol. The standard InChI is InChI=1S/C16H25NO3.CHF3O3S/c1-11(2)14(19-13-9-7-6-8-10-13)16(4,5)20-15(18)12(3)17;2-1(3,4)8(5,6)7/h6-12,14H,17H2,1-5H3;(H,5,6,7)/t12-,14?;/m1./s1. The average molecular weight is 429 g/mol. The van der Waals surface area contributed by atoms with Crippen LogP contribution in [-0.4, -0.2) is 42.2 Å². The fourth-order valence-corrected chi connectivity index (χ4v) is 2.14. The van der Waals surface area contributed by atoms with E-state index < -0.39 is 33.2 Å². The second kappa shape index (κ2) is 10.1. The molecule has 0 heterocycles. The van der Waals surface area contributed by atoms with Gasteiger partial charge >= 0.3 is 21.6 Å². The van der Waals surface area contributed by atoms with E-state index in [9.17, 15) is 18.0 Å². The summed E-state index contributed by atoms with van der Waals surface area (Å²) in [4.78, 5) is 11.7. The van der Waals surface area contributed by atoms with Crippen molar-refractivity contribution in [3.63, 3.8) is 0 Å². The molecule has 0 aliphatic carbocycles. The zero-order valence-electron chi connectivity index (χ0n) is 16.2. The third kappa shape index (κ3) is 8.89. The SMILES string of the molecule is CC(C)C(Oc1ccccc1)C(C)(C)OC(=O)[C@@H](C)N.O=S(=O)(O)C(F)(F)F. The maximum atomic E-state index is 11.7. The van der Waals surface area contributed by atoms with Crippen LogP contribution in [0.3, 0.4) is 0 Å². The number of ether oxygens (including phenoxy) is 2. The molecule has 0 amide bonds. The number of carbonyl (C=O) groups is 1. The van der Waals surface area contributed by atoms with Crippen molar-refractivity contribution >= 4 is 16.1 Å². The topological polar surface area (TPSA) is 116 Å². The first-order chi connectivity index (χ1) is 12.5. The number of hydrogen-bond donors (Lipinski definition) is 2. The van der Waals surface area contributed by atoms with Gasteiger partial charge in [0.2, 0.25) is 0 Å². The lowest BCUT2D eigenvalue weighted by atomic mass is 9.91. The molecule has 3 N–H and O–H groups in total. The smallest absolute Gasteiger partial charge is 0.486 e. The van der Waals surface area contributed by atoms with Gasteiger partial charge in [0.05, 0.1) is 0 Å². The second-order valence-electron chi connectivity index (χ2n) is 6.83. The minimum Gasteiger partial charge on any atom is -0.486 e. The van der Waals surface area contributed by atoms with Crippen LogP contribution in [0.4, 0.5) is 13.2 Å². The van der Waals surface area contributed by atoms with E-state index in [2.05, 4.69) is 0 Å². The van der Waals surface area contributed by atoms with E-state index in [1.807, 2.05) is 58.0 Å². The first kappa shape index (κ1) is 26.1. The molecule has 0 radical (unpaired) electrons. The van der Waals surface area contributed by atoms with Gasteiger partial charge < -0.3 is 15.2 Å². The number of rotatable bonds is 6. The average Bonchev–Trinajstić information content (AvgIpc) is 2.51. The van der Waals surface area contributed by atoms with Crippen LogP contribution in [0.2, 0.25) is 0 Å². The van der Waals surface area contributed by atoms with Gasteiger partial charge in [-0.05, 0) is 38.8 Å². The lowest BCUT2D eigenvalue weighted by molar-refractivity contribution is -0.169. The van der Waals surface area contributed by atoms with Crippen LogP contribution >= 0.6 is 0 Å². The molecular weight excluding hydrogens is 403 g/mol. The Hall–Kier alpha value is -1.85. The van der Waals surface area contributed by atoms with Crippen LogP contribution in [0.5, 0.6) is 5.75 Å². The van der Waals surface area contributed by atoms with Crippen molar-refractivity contribution in [3.8, 4) is 5.75 Å². The van der Waals surface area contributed by atoms with Gasteiger partial charge in [-0.3, -0.25) is 9.35 Å². The number of benzene rings is 1. The molecule has 0 spiro atoms. The van der Waals surface area contributed by atoms with E-state index in [4.69, 9.17) is 28.2 Å². The summed E-state index contributed by atoms with van der Waals surface area (Å²) in [5, 5.41) is 0. The Balaban J connectivity index is 0.000000769.